The van der Waals surface area contributed by atoms with E-state index in [0.717, 1.165) is 0 Å². The molecule has 0 aliphatic heterocycles. The van der Waals surface area contributed by atoms with Crippen molar-refractivity contribution in [2.75, 3.05) is 0 Å². The van der Waals surface area contributed by atoms with Gasteiger partial charge in [0.05, 0.1) is 12.2 Å². The van der Waals surface area contributed by atoms with Crippen molar-refractivity contribution in [2.45, 2.75) is 46.8 Å². The van der Waals surface area contributed by atoms with Crippen LogP contribution < -0.4 is 0 Å². The Bertz CT molecular complexity index is 293. The monoisotopic (exact) mass is 238 g/mol. The first-order chi connectivity index (χ1) is 7.91. The van der Waals surface area contributed by atoms with Gasteiger partial charge in [0.2, 0.25) is 0 Å². The van der Waals surface area contributed by atoms with Crippen molar-refractivity contribution in [3.05, 3.63) is 35.9 Å². The highest BCUT2D eigenvalue weighted by molar-refractivity contribution is 5.60. The van der Waals surface area contributed by atoms with Crippen LogP contribution in [0.15, 0.2) is 30.3 Å². The maximum atomic E-state index is 10.6. The van der Waals surface area contributed by atoms with E-state index >= 15 is 0 Å². The molecule has 0 atom stereocenters. The summed E-state index contributed by atoms with van der Waals surface area (Å²) in [7, 11) is 0. The minimum atomic E-state index is -0.593. The molecule has 1 aromatic rings. The van der Waals surface area contributed by atoms with Gasteiger partial charge in [-0.3, -0.25) is 0 Å². The fraction of sp³-hybridized carbons (Fsp3) is 0.500. The number of ether oxygens (including phenoxy) is 2. The maximum absolute atomic E-state index is 10.6. The molecule has 0 aliphatic rings. The summed E-state index contributed by atoms with van der Waals surface area (Å²) in [6.45, 7) is 9.20. The second-order valence-corrected chi connectivity index (χ2v) is 4.24. The van der Waals surface area contributed by atoms with Crippen molar-refractivity contribution in [2.24, 2.45) is 0 Å². The summed E-state index contributed by atoms with van der Waals surface area (Å²) in [5, 5.41) is 0. The summed E-state index contributed by atoms with van der Waals surface area (Å²) in [5.74, 6) is 0. The second-order valence-electron chi connectivity index (χ2n) is 4.24. The van der Waals surface area contributed by atoms with Crippen LogP contribution in [0.25, 0.3) is 0 Å². The molecule has 17 heavy (non-hydrogen) atoms. The van der Waals surface area contributed by atoms with E-state index in [1.807, 2.05) is 18.2 Å². The van der Waals surface area contributed by atoms with Gasteiger partial charge in [0.1, 0.15) is 0 Å². The average Bonchev–Trinajstić information content (AvgIpc) is 2.16. The number of benzene rings is 1. The molecule has 0 bridgehead atoms. The van der Waals surface area contributed by atoms with Crippen molar-refractivity contribution in [3.63, 3.8) is 0 Å². The molecule has 0 unspecified atom stereocenters. The lowest BCUT2D eigenvalue weighted by Crippen LogP contribution is -2.16. The average molecular weight is 238 g/mol. The van der Waals surface area contributed by atoms with Gasteiger partial charge < -0.3 is 9.47 Å². The topological polar surface area (TPSA) is 35.5 Å². The number of carbonyl (C=O) groups is 1. The Labute approximate surface area is 104 Å². The highest BCUT2D eigenvalue weighted by Gasteiger charge is 2.07. The van der Waals surface area contributed by atoms with Gasteiger partial charge in [0.25, 0.3) is 0 Å². The molecule has 0 fully saturated rings. The third kappa shape index (κ3) is 10.8. The Kier molecular flexibility index (Phi) is 7.85. The molecule has 0 aromatic heterocycles. The highest BCUT2D eigenvalue weighted by atomic mass is 16.7. The van der Waals surface area contributed by atoms with Crippen molar-refractivity contribution in [1.29, 1.82) is 0 Å². The predicted molar refractivity (Wildman–Crippen MR) is 69.0 cm³/mol. The van der Waals surface area contributed by atoms with Crippen LogP contribution in [0.1, 0.15) is 33.3 Å². The van der Waals surface area contributed by atoms with E-state index in [4.69, 9.17) is 9.47 Å². The standard InChI is InChI=1S/C7H14O3.C7H8/c1-5(2)9-7(8)10-6(3)4;1-7-5-3-2-4-6-7/h5-6H,1-4H3;2-6H,1H3. The van der Waals surface area contributed by atoms with Gasteiger partial charge in [0.15, 0.2) is 0 Å². The van der Waals surface area contributed by atoms with Gasteiger partial charge in [-0.05, 0) is 34.6 Å². The van der Waals surface area contributed by atoms with E-state index in [-0.39, 0.29) is 12.2 Å². The van der Waals surface area contributed by atoms with Crippen molar-refractivity contribution < 1.29 is 14.3 Å². The van der Waals surface area contributed by atoms with E-state index < -0.39 is 6.16 Å². The molecular weight excluding hydrogens is 216 g/mol. The Morgan fingerprint density at radius 3 is 1.59 bits per heavy atom. The first-order valence-electron chi connectivity index (χ1n) is 5.80. The molecule has 0 heterocycles. The van der Waals surface area contributed by atoms with Crippen molar-refractivity contribution in [3.8, 4) is 0 Å². The maximum Gasteiger partial charge on any atom is 0.508 e. The zero-order valence-corrected chi connectivity index (χ0v) is 11.3. The number of rotatable bonds is 2. The second kappa shape index (κ2) is 8.62. The molecule has 3 nitrogen and oxygen atoms in total. The van der Waals surface area contributed by atoms with Crippen molar-refractivity contribution >= 4 is 6.16 Å². The van der Waals surface area contributed by atoms with Crippen LogP contribution in [0.4, 0.5) is 4.79 Å². The molecule has 0 amide bonds. The molecule has 0 saturated carbocycles. The third-order valence-corrected chi connectivity index (χ3v) is 1.60. The molecule has 1 aromatic carbocycles. The lowest BCUT2D eigenvalue weighted by atomic mass is 10.2. The van der Waals surface area contributed by atoms with E-state index in [0.29, 0.717) is 0 Å². The van der Waals surface area contributed by atoms with Gasteiger partial charge in [-0.25, -0.2) is 4.79 Å². The van der Waals surface area contributed by atoms with Crippen LogP contribution in [0, 0.1) is 6.92 Å². The Balaban J connectivity index is 0.000000318. The number of aryl methyl sites for hydroxylation is 1. The smallest absolute Gasteiger partial charge is 0.432 e. The van der Waals surface area contributed by atoms with Crippen LogP contribution >= 0.6 is 0 Å². The first kappa shape index (κ1) is 15.5. The fourth-order valence-corrected chi connectivity index (χ4v) is 0.947. The van der Waals surface area contributed by atoms with E-state index in [1.54, 1.807) is 27.7 Å². The number of hydrogen-bond acceptors (Lipinski definition) is 3. The molecule has 0 spiro atoms. The van der Waals surface area contributed by atoms with Gasteiger partial charge in [0, 0.05) is 0 Å². The minimum absolute atomic E-state index is 0.105. The normalized spacial score (nSPS) is 9.59. The summed E-state index contributed by atoms with van der Waals surface area (Å²) in [5.41, 5.74) is 1.32. The minimum Gasteiger partial charge on any atom is -0.432 e. The third-order valence-electron chi connectivity index (χ3n) is 1.60. The quantitative estimate of drug-likeness (QED) is 0.732. The van der Waals surface area contributed by atoms with Crippen LogP contribution in [-0.2, 0) is 9.47 Å². The predicted octanol–water partition coefficient (Wildman–Crippen LogP) is 3.95. The van der Waals surface area contributed by atoms with Gasteiger partial charge >= 0.3 is 6.16 Å². The summed E-state index contributed by atoms with van der Waals surface area (Å²) < 4.78 is 9.40. The van der Waals surface area contributed by atoms with Crippen LogP contribution in [0.5, 0.6) is 0 Å². The molecule has 96 valence electrons. The molecular formula is C14H22O3. The van der Waals surface area contributed by atoms with E-state index in [9.17, 15) is 4.79 Å². The van der Waals surface area contributed by atoms with Gasteiger partial charge in [-0.15, -0.1) is 0 Å². The SMILES string of the molecule is CC(C)OC(=O)OC(C)C.Cc1ccccc1. The van der Waals surface area contributed by atoms with Crippen molar-refractivity contribution in [1.82, 2.24) is 0 Å². The largest absolute Gasteiger partial charge is 0.508 e. The van der Waals surface area contributed by atoms with Crippen LogP contribution in [-0.4, -0.2) is 18.4 Å². The Morgan fingerprint density at radius 2 is 1.35 bits per heavy atom. The lowest BCUT2D eigenvalue weighted by Gasteiger charge is -2.10. The van der Waals surface area contributed by atoms with Crippen LogP contribution in [0.2, 0.25) is 0 Å². The zero-order valence-electron chi connectivity index (χ0n) is 11.3. The molecule has 1 rings (SSSR count). The van der Waals surface area contributed by atoms with E-state index in [1.165, 1.54) is 5.56 Å². The van der Waals surface area contributed by atoms with Crippen LogP contribution in [0.3, 0.4) is 0 Å². The van der Waals surface area contributed by atoms with Gasteiger partial charge in [-0.1, -0.05) is 35.9 Å². The first-order valence-corrected chi connectivity index (χ1v) is 5.80. The fourth-order valence-electron chi connectivity index (χ4n) is 0.947. The number of carbonyl (C=O) groups excluding carboxylic acids is 1. The summed E-state index contributed by atoms with van der Waals surface area (Å²) in [6, 6.07) is 10.3. The molecule has 0 N–H and O–H groups in total. The Morgan fingerprint density at radius 1 is 0.941 bits per heavy atom. The molecule has 0 radical (unpaired) electrons. The molecule has 0 saturated heterocycles. The zero-order chi connectivity index (χ0) is 13.3. The highest BCUT2D eigenvalue weighted by Crippen LogP contribution is 1.96. The van der Waals surface area contributed by atoms with Gasteiger partial charge in [-0.2, -0.15) is 0 Å². The van der Waals surface area contributed by atoms with E-state index in [2.05, 4.69) is 19.1 Å². The molecule has 3 heteroatoms. The summed E-state index contributed by atoms with van der Waals surface area (Å²) >= 11 is 0. The molecule has 0 aliphatic carbocycles. The number of hydrogen-bond donors (Lipinski definition) is 0. The summed E-state index contributed by atoms with van der Waals surface area (Å²) in [6.07, 6.45) is -0.803. The Hall–Kier alpha value is -1.51. The lowest BCUT2D eigenvalue weighted by molar-refractivity contribution is 0.0167. The summed E-state index contributed by atoms with van der Waals surface area (Å²) in [4.78, 5) is 10.6.